The lowest BCUT2D eigenvalue weighted by Gasteiger charge is -2.22. The lowest BCUT2D eigenvalue weighted by molar-refractivity contribution is -0.142. The van der Waals surface area contributed by atoms with Gasteiger partial charge < -0.3 is 14.8 Å². The van der Waals surface area contributed by atoms with E-state index in [0.29, 0.717) is 5.56 Å². The van der Waals surface area contributed by atoms with E-state index >= 15 is 0 Å². The van der Waals surface area contributed by atoms with Gasteiger partial charge in [0.05, 0.1) is 6.26 Å². The number of nitrogens with zero attached hydrogens (tertiary/aromatic N) is 1. The number of nitrogens with one attached hydrogen (secondary N) is 1. The Kier molecular flexibility index (Phi) is 7.19. The van der Waals surface area contributed by atoms with Gasteiger partial charge >= 0.3 is 5.97 Å². The van der Waals surface area contributed by atoms with Crippen molar-refractivity contribution in [3.63, 3.8) is 0 Å². The molecule has 2 aromatic heterocycles. The molecule has 0 aliphatic heterocycles. The number of hydrogen-bond donors (Lipinski definition) is 3. The van der Waals surface area contributed by atoms with Crippen molar-refractivity contribution >= 4 is 45.7 Å². The van der Waals surface area contributed by atoms with Gasteiger partial charge in [-0.25, -0.2) is 18.2 Å². The van der Waals surface area contributed by atoms with Gasteiger partial charge in [-0.1, -0.05) is 24.3 Å². The van der Waals surface area contributed by atoms with Crippen LogP contribution in [-0.4, -0.2) is 47.3 Å². The zero-order valence-electron chi connectivity index (χ0n) is 16.3. The number of furan rings is 1. The molecule has 0 spiro atoms. The van der Waals surface area contributed by atoms with Gasteiger partial charge in [0, 0.05) is 29.8 Å². The minimum Gasteiger partial charge on any atom is -0.480 e. The Labute approximate surface area is 188 Å². The Bertz CT molecular complexity index is 1130. The first-order chi connectivity index (χ1) is 14.7. The van der Waals surface area contributed by atoms with Crippen molar-refractivity contribution in [2.75, 3.05) is 6.26 Å². The van der Waals surface area contributed by atoms with Crippen LogP contribution in [0.5, 0.6) is 0 Å². The van der Waals surface area contributed by atoms with E-state index in [0.717, 1.165) is 16.8 Å². The number of sulfone groups is 1. The Morgan fingerprint density at radius 3 is 2.48 bits per heavy atom. The average molecular weight is 481 g/mol. The summed E-state index contributed by atoms with van der Waals surface area (Å²) in [7, 11) is -3.72. The molecule has 0 saturated carbocycles. The number of benzene rings is 1. The molecule has 0 radical (unpaired) electrons. The van der Waals surface area contributed by atoms with E-state index in [4.69, 9.17) is 4.42 Å². The highest BCUT2D eigenvalue weighted by molar-refractivity contribution is 8.04. The third-order valence-electron chi connectivity index (χ3n) is 4.54. The molecule has 0 bridgehead atoms. The Balaban J connectivity index is 1.78. The van der Waals surface area contributed by atoms with Crippen LogP contribution < -0.4 is 5.32 Å². The lowest BCUT2D eigenvalue weighted by Crippen LogP contribution is -2.46. The Morgan fingerprint density at radius 1 is 1.26 bits per heavy atom. The lowest BCUT2D eigenvalue weighted by atomic mass is 10.0. The quantitative estimate of drug-likeness (QED) is 0.402. The van der Waals surface area contributed by atoms with E-state index in [9.17, 15) is 23.1 Å². The molecule has 0 aliphatic carbocycles. The maximum Gasteiger partial charge on any atom is 0.326 e. The van der Waals surface area contributed by atoms with Gasteiger partial charge in [-0.2, -0.15) is 12.6 Å². The molecular weight excluding hydrogens is 460 g/mol. The van der Waals surface area contributed by atoms with Crippen LogP contribution in [0, 0.1) is 0 Å². The predicted molar refractivity (Wildman–Crippen MR) is 120 cm³/mol. The molecule has 3 atom stereocenters. The molecule has 11 heteroatoms. The first-order valence-corrected chi connectivity index (χ1v) is 12.4. The average Bonchev–Trinajstić information content (AvgIpc) is 3.42. The molecule has 1 aromatic carbocycles. The number of hydrogen-bond acceptors (Lipinski definition) is 8. The largest absolute Gasteiger partial charge is 0.480 e. The van der Waals surface area contributed by atoms with Crippen LogP contribution in [-0.2, 0) is 25.8 Å². The van der Waals surface area contributed by atoms with Gasteiger partial charge in [-0.05, 0) is 17.7 Å². The van der Waals surface area contributed by atoms with Crippen LogP contribution >= 0.6 is 24.0 Å². The van der Waals surface area contributed by atoms with Crippen LogP contribution in [0.2, 0.25) is 0 Å². The normalized spacial score (nSPS) is 14.5. The zero-order valence-corrected chi connectivity index (χ0v) is 18.9. The van der Waals surface area contributed by atoms with E-state index in [-0.39, 0.29) is 12.2 Å². The highest BCUT2D eigenvalue weighted by Gasteiger charge is 2.38. The fourth-order valence-corrected chi connectivity index (χ4v) is 4.64. The van der Waals surface area contributed by atoms with Gasteiger partial charge in [0.15, 0.2) is 9.84 Å². The van der Waals surface area contributed by atoms with E-state index < -0.39 is 38.3 Å². The summed E-state index contributed by atoms with van der Waals surface area (Å²) >= 11 is 5.57. The van der Waals surface area contributed by atoms with Gasteiger partial charge in [0.25, 0.3) is 0 Å². The zero-order chi connectivity index (χ0) is 22.6. The molecule has 2 unspecified atom stereocenters. The third kappa shape index (κ3) is 5.75. The molecule has 2 N–H and O–H groups in total. The monoisotopic (exact) mass is 480 g/mol. The highest BCUT2D eigenvalue weighted by atomic mass is 32.2. The van der Waals surface area contributed by atoms with Crippen molar-refractivity contribution in [3.05, 3.63) is 65.6 Å². The molecule has 0 aliphatic rings. The van der Waals surface area contributed by atoms with E-state index in [1.807, 2.05) is 17.5 Å². The summed E-state index contributed by atoms with van der Waals surface area (Å²) in [6.45, 7) is 0. The molecule has 2 heterocycles. The number of carboxylic acid groups (broad SMARTS) is 1. The van der Waals surface area contributed by atoms with Crippen LogP contribution in [0.4, 0.5) is 0 Å². The second kappa shape index (κ2) is 9.67. The van der Waals surface area contributed by atoms with Crippen LogP contribution in [0.3, 0.4) is 0 Å². The van der Waals surface area contributed by atoms with Crippen molar-refractivity contribution in [3.8, 4) is 10.6 Å². The smallest absolute Gasteiger partial charge is 0.326 e. The number of carbonyl (C=O) groups is 2. The van der Waals surface area contributed by atoms with Gasteiger partial charge in [-0.15, -0.1) is 11.3 Å². The fraction of sp³-hybridized carbons (Fsp3) is 0.250. The minimum absolute atomic E-state index is 0.0141. The standard InChI is InChI=1S/C20H20N2O6S3/c1-31(26,27)20(29)16(15-3-2-9-28-15)17(23)22-14(19(24)25)11-12-4-6-13(7-5-12)18-21-8-10-30-18/h2-10,14,16,20,29H,11H2,1H3,(H,22,23)(H,24,25)/t14-,16?,20?/m0/s1. The summed E-state index contributed by atoms with van der Waals surface area (Å²) in [5, 5.41) is 14.7. The molecule has 0 saturated heterocycles. The Morgan fingerprint density at radius 2 is 1.97 bits per heavy atom. The summed E-state index contributed by atoms with van der Waals surface area (Å²) in [6.07, 6.45) is 3.97. The maximum absolute atomic E-state index is 12.9. The number of thiol groups is 1. The Hall–Kier alpha value is -2.63. The van der Waals surface area contributed by atoms with E-state index in [1.165, 1.54) is 29.7 Å². The first kappa shape index (κ1) is 23.0. The van der Waals surface area contributed by atoms with Gasteiger partial charge in [0.2, 0.25) is 5.91 Å². The van der Waals surface area contributed by atoms with Crippen LogP contribution in [0.25, 0.3) is 10.6 Å². The van der Waals surface area contributed by atoms with E-state index in [2.05, 4.69) is 22.9 Å². The summed E-state index contributed by atoms with van der Waals surface area (Å²) in [5.74, 6) is -3.26. The van der Waals surface area contributed by atoms with Crippen molar-refractivity contribution < 1.29 is 27.5 Å². The number of amides is 1. The first-order valence-electron chi connectivity index (χ1n) is 9.09. The van der Waals surface area contributed by atoms with Crippen molar-refractivity contribution in [2.24, 2.45) is 0 Å². The van der Waals surface area contributed by atoms with Gasteiger partial charge in [-0.3, -0.25) is 4.79 Å². The summed E-state index contributed by atoms with van der Waals surface area (Å²) < 4.78 is 27.8. The van der Waals surface area contributed by atoms with E-state index in [1.54, 1.807) is 18.3 Å². The molecule has 31 heavy (non-hydrogen) atoms. The second-order valence-corrected chi connectivity index (χ2v) is 10.8. The number of carbonyl (C=O) groups excluding carboxylic acids is 1. The van der Waals surface area contributed by atoms with Crippen LogP contribution in [0.15, 0.2) is 58.7 Å². The summed E-state index contributed by atoms with van der Waals surface area (Å²) in [6, 6.07) is 8.88. The molecule has 3 rings (SSSR count). The fourth-order valence-electron chi connectivity index (χ4n) is 2.96. The van der Waals surface area contributed by atoms with Gasteiger partial charge in [0.1, 0.15) is 27.3 Å². The number of rotatable bonds is 9. The van der Waals surface area contributed by atoms with Crippen molar-refractivity contribution in [1.29, 1.82) is 0 Å². The van der Waals surface area contributed by atoms with Crippen LogP contribution in [0.1, 0.15) is 17.2 Å². The molecule has 1 amide bonds. The predicted octanol–water partition coefficient (Wildman–Crippen LogP) is 2.60. The second-order valence-electron chi connectivity index (χ2n) is 6.85. The molecular formula is C20H20N2O6S3. The molecule has 0 fully saturated rings. The number of aromatic nitrogens is 1. The molecule has 8 nitrogen and oxygen atoms in total. The molecule has 3 aromatic rings. The highest BCUT2D eigenvalue weighted by Crippen LogP contribution is 2.28. The number of carboxylic acids is 1. The number of thiazole rings is 1. The SMILES string of the molecule is CS(=O)(=O)C(S)C(C(=O)N[C@@H](Cc1ccc(-c2nccs2)cc1)C(=O)O)c1ccco1. The topological polar surface area (TPSA) is 127 Å². The van der Waals surface area contributed by atoms with Crippen molar-refractivity contribution in [1.82, 2.24) is 10.3 Å². The number of aliphatic carboxylic acids is 1. The maximum atomic E-state index is 12.9. The molecule has 164 valence electrons. The van der Waals surface area contributed by atoms with Crippen molar-refractivity contribution in [2.45, 2.75) is 23.0 Å². The summed E-state index contributed by atoms with van der Waals surface area (Å²) in [5.41, 5.74) is 1.59. The minimum atomic E-state index is -3.72. The summed E-state index contributed by atoms with van der Waals surface area (Å²) in [4.78, 5) is 28.9. The third-order valence-corrected chi connectivity index (χ3v) is 7.96.